The lowest BCUT2D eigenvalue weighted by Gasteiger charge is -2.23. The fourth-order valence-corrected chi connectivity index (χ4v) is 3.33. The number of aliphatic hydroxyl groups excluding tert-OH is 1. The van der Waals surface area contributed by atoms with Crippen molar-refractivity contribution in [3.63, 3.8) is 0 Å². The lowest BCUT2D eigenvalue weighted by atomic mass is 10.1. The minimum Gasteiger partial charge on any atom is -0.387 e. The third-order valence-electron chi connectivity index (χ3n) is 4.13. The van der Waals surface area contributed by atoms with Gasteiger partial charge in [0.2, 0.25) is 5.96 Å². The van der Waals surface area contributed by atoms with Gasteiger partial charge in [0.05, 0.1) is 30.6 Å². The van der Waals surface area contributed by atoms with E-state index >= 15 is 0 Å². The highest BCUT2D eigenvalue weighted by molar-refractivity contribution is 9.10. The largest absolute Gasteiger partial charge is 0.387 e. The topological polar surface area (TPSA) is 39.1 Å². The Hall–Kier alpha value is -1.85. The van der Waals surface area contributed by atoms with Crippen molar-refractivity contribution in [3.05, 3.63) is 58.6 Å². The van der Waals surface area contributed by atoms with Crippen LogP contribution >= 0.6 is 15.9 Å². The van der Waals surface area contributed by atoms with Gasteiger partial charge in [-0.2, -0.15) is 0 Å². The number of nitrogens with zero attached hydrogens (tertiary/aromatic N) is 3. The number of benzene rings is 2. The molecule has 4 rings (SSSR count). The summed E-state index contributed by atoms with van der Waals surface area (Å²) in [6.45, 7) is 2.24. The fraction of sp³-hybridized carbons (Fsp3) is 0.235. The van der Waals surface area contributed by atoms with Crippen molar-refractivity contribution < 1.29 is 5.11 Å². The second kappa shape index (κ2) is 5.41. The summed E-state index contributed by atoms with van der Waals surface area (Å²) in [5, 5.41) is 10.6. The Morgan fingerprint density at radius 2 is 1.82 bits per heavy atom. The second-order valence-corrected chi connectivity index (χ2v) is 6.42. The Morgan fingerprint density at radius 3 is 2.59 bits per heavy atom. The molecule has 1 N–H and O–H groups in total. The summed E-state index contributed by atoms with van der Waals surface area (Å²) < 4.78 is 1.02. The van der Waals surface area contributed by atoms with Crippen LogP contribution in [0.5, 0.6) is 0 Å². The first kappa shape index (κ1) is 13.8. The number of guanidine groups is 1. The van der Waals surface area contributed by atoms with Gasteiger partial charge in [-0.3, -0.25) is 4.99 Å². The maximum Gasteiger partial charge on any atom is 0.206 e. The van der Waals surface area contributed by atoms with Crippen molar-refractivity contribution in [2.45, 2.75) is 6.10 Å². The monoisotopic (exact) mass is 357 g/mol. The molecule has 0 aliphatic carbocycles. The summed E-state index contributed by atoms with van der Waals surface area (Å²) in [5.41, 5.74) is 3.22. The van der Waals surface area contributed by atoms with Crippen LogP contribution in [0, 0.1) is 0 Å². The number of halogens is 1. The van der Waals surface area contributed by atoms with Gasteiger partial charge in [-0.05, 0) is 29.8 Å². The summed E-state index contributed by atoms with van der Waals surface area (Å²) in [6, 6.07) is 16.1. The number of anilines is 2. The normalized spacial score (nSPS) is 17.3. The molecule has 0 fully saturated rings. The van der Waals surface area contributed by atoms with Gasteiger partial charge in [0, 0.05) is 11.0 Å². The number of fused-ring (bicyclic) bond motifs is 3. The van der Waals surface area contributed by atoms with Crippen LogP contribution in [0.4, 0.5) is 11.4 Å². The molecule has 4 nitrogen and oxygen atoms in total. The molecule has 2 aliphatic heterocycles. The molecule has 2 aliphatic rings. The molecule has 0 radical (unpaired) electrons. The summed E-state index contributed by atoms with van der Waals surface area (Å²) in [5.74, 6) is 0.956. The van der Waals surface area contributed by atoms with Crippen LogP contribution in [0.15, 0.2) is 58.0 Å². The smallest absolute Gasteiger partial charge is 0.206 e. The summed E-state index contributed by atoms with van der Waals surface area (Å²) in [7, 11) is 0. The Bertz CT molecular complexity index is 729. The molecule has 0 saturated carbocycles. The van der Waals surface area contributed by atoms with Gasteiger partial charge in [0.1, 0.15) is 0 Å². The van der Waals surface area contributed by atoms with Gasteiger partial charge < -0.3 is 14.9 Å². The van der Waals surface area contributed by atoms with E-state index in [0.29, 0.717) is 6.54 Å². The molecule has 2 aromatic carbocycles. The number of aliphatic hydroxyl groups is 1. The van der Waals surface area contributed by atoms with Crippen LogP contribution in [-0.4, -0.2) is 30.7 Å². The molecule has 0 aromatic heterocycles. The predicted octanol–water partition coefficient (Wildman–Crippen LogP) is 3.18. The average molecular weight is 358 g/mol. The van der Waals surface area contributed by atoms with Crippen molar-refractivity contribution in [2.24, 2.45) is 4.99 Å². The first-order valence-electron chi connectivity index (χ1n) is 7.36. The van der Waals surface area contributed by atoms with E-state index in [4.69, 9.17) is 0 Å². The highest BCUT2D eigenvalue weighted by Crippen LogP contribution is 2.39. The molecular formula is C17H16BrN3O. The third kappa shape index (κ3) is 2.21. The van der Waals surface area contributed by atoms with Crippen molar-refractivity contribution in [1.82, 2.24) is 0 Å². The molecule has 2 aromatic rings. The minimum absolute atomic E-state index is 0.508. The van der Waals surface area contributed by atoms with Crippen LogP contribution < -0.4 is 9.80 Å². The quantitative estimate of drug-likeness (QED) is 0.916. The van der Waals surface area contributed by atoms with Gasteiger partial charge in [0.25, 0.3) is 0 Å². The Labute approximate surface area is 137 Å². The van der Waals surface area contributed by atoms with Crippen LogP contribution in [0.1, 0.15) is 11.7 Å². The van der Waals surface area contributed by atoms with Gasteiger partial charge in [-0.1, -0.05) is 40.2 Å². The van der Waals surface area contributed by atoms with E-state index in [0.717, 1.165) is 34.8 Å². The highest BCUT2D eigenvalue weighted by atomic mass is 79.9. The molecule has 0 unspecified atom stereocenters. The van der Waals surface area contributed by atoms with Crippen molar-refractivity contribution in [2.75, 3.05) is 29.4 Å². The SMILES string of the molecule is O[C@H](CN1C2=NCCN2c2ccccc21)c1ccc(Br)cc1. The van der Waals surface area contributed by atoms with Gasteiger partial charge >= 0.3 is 0 Å². The Morgan fingerprint density at radius 1 is 1.09 bits per heavy atom. The summed E-state index contributed by atoms with van der Waals surface area (Å²) in [4.78, 5) is 8.95. The molecule has 1 atom stereocenters. The molecule has 112 valence electrons. The lowest BCUT2D eigenvalue weighted by molar-refractivity contribution is 0.187. The van der Waals surface area contributed by atoms with E-state index in [-0.39, 0.29) is 0 Å². The summed E-state index contributed by atoms with van der Waals surface area (Å²) >= 11 is 3.42. The zero-order chi connectivity index (χ0) is 15.1. The number of aliphatic imine (C=N–C) groups is 1. The summed E-state index contributed by atoms with van der Waals surface area (Å²) in [6.07, 6.45) is -0.551. The Kier molecular flexibility index (Phi) is 3.39. The van der Waals surface area contributed by atoms with E-state index in [2.05, 4.69) is 42.9 Å². The second-order valence-electron chi connectivity index (χ2n) is 5.50. The predicted molar refractivity (Wildman–Crippen MR) is 92.5 cm³/mol. The van der Waals surface area contributed by atoms with Crippen LogP contribution in [0.3, 0.4) is 0 Å². The van der Waals surface area contributed by atoms with Crippen LogP contribution in [-0.2, 0) is 0 Å². The lowest BCUT2D eigenvalue weighted by Crippen LogP contribution is -2.37. The standard InChI is InChI=1S/C17H16BrN3O/c18-13-7-5-12(6-8-13)16(22)11-21-15-4-2-1-3-14(15)20-10-9-19-17(20)21/h1-8,16,22H,9-11H2/t16-/m1/s1. The molecule has 5 heteroatoms. The van der Waals surface area contributed by atoms with Crippen LogP contribution in [0.25, 0.3) is 0 Å². The number of para-hydroxylation sites is 2. The zero-order valence-corrected chi connectivity index (χ0v) is 13.6. The first-order valence-corrected chi connectivity index (χ1v) is 8.15. The average Bonchev–Trinajstić information content (AvgIpc) is 3.11. The first-order chi connectivity index (χ1) is 10.7. The molecule has 22 heavy (non-hydrogen) atoms. The molecule has 2 heterocycles. The Balaban J connectivity index is 1.63. The molecule has 0 saturated heterocycles. The van der Waals surface area contributed by atoms with E-state index < -0.39 is 6.10 Å². The molecule has 0 bridgehead atoms. The van der Waals surface area contributed by atoms with E-state index in [1.807, 2.05) is 36.4 Å². The van der Waals surface area contributed by atoms with Gasteiger partial charge in [-0.15, -0.1) is 0 Å². The molecule has 0 spiro atoms. The van der Waals surface area contributed by atoms with Crippen LogP contribution in [0.2, 0.25) is 0 Å². The van der Waals surface area contributed by atoms with Crippen molar-refractivity contribution >= 4 is 33.3 Å². The zero-order valence-electron chi connectivity index (χ0n) is 12.0. The van der Waals surface area contributed by atoms with Gasteiger partial charge in [0.15, 0.2) is 0 Å². The minimum atomic E-state index is -0.551. The molecule has 0 amide bonds. The highest BCUT2D eigenvalue weighted by Gasteiger charge is 2.35. The number of β-amino-alcohol motifs (C(OH)–C–C–N with tert-alkyl or cyclic N) is 1. The van der Waals surface area contributed by atoms with Crippen molar-refractivity contribution in [1.29, 1.82) is 0 Å². The fourth-order valence-electron chi connectivity index (χ4n) is 3.07. The number of hydrogen-bond donors (Lipinski definition) is 1. The molecular weight excluding hydrogens is 342 g/mol. The third-order valence-corrected chi connectivity index (χ3v) is 4.66. The number of rotatable bonds is 3. The maximum absolute atomic E-state index is 10.6. The van der Waals surface area contributed by atoms with Gasteiger partial charge in [-0.25, -0.2) is 0 Å². The van der Waals surface area contributed by atoms with Crippen molar-refractivity contribution in [3.8, 4) is 0 Å². The number of hydrogen-bond acceptors (Lipinski definition) is 4. The van der Waals surface area contributed by atoms with E-state index in [1.165, 1.54) is 5.69 Å². The maximum atomic E-state index is 10.6. The van der Waals surface area contributed by atoms with E-state index in [1.54, 1.807) is 0 Å². The van der Waals surface area contributed by atoms with E-state index in [9.17, 15) is 5.11 Å².